The molecule has 5 unspecified atom stereocenters. The average Bonchev–Trinajstić information content (AvgIpc) is 3.65. The minimum Gasteiger partial charge on any atom is -0.461 e. The molecule has 0 amide bonds. The molecule has 7 heteroatoms. The van der Waals surface area contributed by atoms with Gasteiger partial charge in [-0.15, -0.1) is 0 Å². The van der Waals surface area contributed by atoms with Crippen molar-refractivity contribution in [1.82, 2.24) is 4.90 Å². The zero-order valence-electron chi connectivity index (χ0n) is 29.1. The van der Waals surface area contributed by atoms with Gasteiger partial charge in [0.05, 0.1) is 30.7 Å². The van der Waals surface area contributed by atoms with Crippen molar-refractivity contribution < 1.29 is 29.6 Å². The number of fused-ring (bicyclic) bond motifs is 8. The highest BCUT2D eigenvalue weighted by Crippen LogP contribution is 2.62. The molecule has 0 saturated heterocycles. The van der Waals surface area contributed by atoms with E-state index in [0.717, 1.165) is 61.1 Å². The van der Waals surface area contributed by atoms with Crippen LogP contribution in [0.2, 0.25) is 0 Å². The second kappa shape index (κ2) is 13.4. The van der Waals surface area contributed by atoms with Crippen LogP contribution < -0.4 is 0 Å². The van der Waals surface area contributed by atoms with Gasteiger partial charge >= 0.3 is 0 Å². The van der Waals surface area contributed by atoms with Crippen LogP contribution in [0.4, 0.5) is 0 Å². The van der Waals surface area contributed by atoms with Crippen LogP contribution in [0.15, 0.2) is 52.7 Å². The number of ketones is 1. The summed E-state index contributed by atoms with van der Waals surface area (Å²) in [5.74, 6) is 2.48. The second-order valence-corrected chi connectivity index (χ2v) is 17.2. The van der Waals surface area contributed by atoms with Crippen molar-refractivity contribution >= 4 is 5.78 Å². The van der Waals surface area contributed by atoms with Crippen molar-refractivity contribution in [1.29, 1.82) is 0 Å². The summed E-state index contributed by atoms with van der Waals surface area (Å²) in [4.78, 5) is 16.3. The molecule has 5 fully saturated rings. The highest BCUT2D eigenvalue weighted by atomic mass is 16.3. The molecule has 1 heterocycles. The van der Waals surface area contributed by atoms with Gasteiger partial charge in [0.15, 0.2) is 5.76 Å². The highest BCUT2D eigenvalue weighted by Gasteiger charge is 2.58. The monoisotopic (exact) mass is 659 g/mol. The van der Waals surface area contributed by atoms with Gasteiger partial charge in [-0.2, -0.15) is 0 Å². The van der Waals surface area contributed by atoms with Crippen molar-refractivity contribution in [3.63, 3.8) is 0 Å². The van der Waals surface area contributed by atoms with Crippen molar-refractivity contribution in [2.24, 2.45) is 28.6 Å². The Kier molecular flexibility index (Phi) is 9.57. The van der Waals surface area contributed by atoms with E-state index in [4.69, 9.17) is 4.42 Å². The normalized spacial score (nSPS) is 37.0. The molecule has 5 atom stereocenters. The first kappa shape index (κ1) is 34.2. The van der Waals surface area contributed by atoms with Gasteiger partial charge in [-0.25, -0.2) is 0 Å². The maximum Gasteiger partial charge on any atom is 0.228 e. The van der Waals surface area contributed by atoms with Crippen LogP contribution in [0.25, 0.3) is 0 Å². The number of aliphatic hydroxyl groups excluding tert-OH is 3. The van der Waals surface area contributed by atoms with Gasteiger partial charge in [0.2, 0.25) is 5.78 Å². The summed E-state index contributed by atoms with van der Waals surface area (Å²) >= 11 is 0. The first-order chi connectivity index (χ1) is 23.0. The zero-order chi connectivity index (χ0) is 33.7. The maximum atomic E-state index is 14.0. The molecular weight excluding hydrogens is 602 g/mol. The standard InChI is InChI=1S/C41H57NO6/c1-27-5-3-12-39(2)36(34-10-8-28(18-32(44)9-7-27)19-35(34)38(46)37-6-4-14-48-37)11-13-41(39,47)26-42(23-33(45)24-43)25-40-20-29-15-30(21-40)17-31(16-29)22-40/h4-6,8,10,14,19,29-33,36,43-45,47H,3,7,9,11-13,15-18,20-26H2,1-2H3. The number of nitrogens with zero attached hydrogens (tertiary/aromatic N) is 1. The fourth-order valence-electron chi connectivity index (χ4n) is 11.6. The molecule has 2 aromatic rings. The SMILES string of the molecule is CC1=CCCC2(C)C(CCC2(O)CN(CC(O)CO)CC23CC4CC(CC(C4)C2)C3)c2ccc(cc2C(=O)c2ccco2)CC(O)CC1. The van der Waals surface area contributed by atoms with Crippen LogP contribution in [0.1, 0.15) is 124 Å². The van der Waals surface area contributed by atoms with Gasteiger partial charge in [-0.3, -0.25) is 9.69 Å². The lowest BCUT2D eigenvalue weighted by atomic mass is 9.49. The number of hydrogen-bond acceptors (Lipinski definition) is 7. The number of aliphatic hydroxyl groups is 4. The Bertz CT molecular complexity index is 1450. The second-order valence-electron chi connectivity index (χ2n) is 17.2. The molecule has 262 valence electrons. The van der Waals surface area contributed by atoms with Crippen molar-refractivity contribution in [2.75, 3.05) is 26.2 Å². The van der Waals surface area contributed by atoms with Crippen molar-refractivity contribution in [3.05, 3.63) is 70.7 Å². The van der Waals surface area contributed by atoms with E-state index in [9.17, 15) is 25.2 Å². The van der Waals surface area contributed by atoms with Crippen LogP contribution in [-0.4, -0.2) is 75.2 Å². The van der Waals surface area contributed by atoms with Gasteiger partial charge in [-0.1, -0.05) is 30.7 Å². The summed E-state index contributed by atoms with van der Waals surface area (Å²) in [5, 5.41) is 44.7. The molecule has 7 aliphatic carbocycles. The summed E-state index contributed by atoms with van der Waals surface area (Å²) in [6.45, 7) is 5.71. The molecule has 4 N–H and O–H groups in total. The minimum absolute atomic E-state index is 0.0730. The minimum atomic E-state index is -1.06. The smallest absolute Gasteiger partial charge is 0.228 e. The maximum absolute atomic E-state index is 14.0. The Hall–Kier alpha value is -2.29. The number of rotatable bonds is 9. The van der Waals surface area contributed by atoms with Gasteiger partial charge in [0.1, 0.15) is 0 Å². The van der Waals surface area contributed by atoms with E-state index < -0.39 is 23.2 Å². The topological polar surface area (TPSA) is 114 Å². The zero-order valence-corrected chi connectivity index (χ0v) is 29.1. The number of hydrogen-bond donors (Lipinski definition) is 4. The third kappa shape index (κ3) is 6.62. The average molecular weight is 660 g/mol. The molecule has 7 nitrogen and oxygen atoms in total. The largest absolute Gasteiger partial charge is 0.461 e. The number of allylic oxidation sites excluding steroid dienone is 2. The Morgan fingerprint density at radius 1 is 1.04 bits per heavy atom. The van der Waals surface area contributed by atoms with Crippen LogP contribution in [0, 0.1) is 28.6 Å². The molecule has 0 radical (unpaired) electrons. The van der Waals surface area contributed by atoms with E-state index in [-0.39, 0.29) is 23.7 Å². The van der Waals surface area contributed by atoms with E-state index in [1.807, 2.05) is 6.07 Å². The van der Waals surface area contributed by atoms with Crippen molar-refractivity contribution in [2.45, 2.75) is 121 Å². The Labute approximate surface area is 286 Å². The predicted octanol–water partition coefficient (Wildman–Crippen LogP) is 6.42. The fourth-order valence-corrected chi connectivity index (χ4v) is 11.6. The summed E-state index contributed by atoms with van der Waals surface area (Å²) in [6, 6.07) is 9.52. The third-order valence-corrected chi connectivity index (χ3v) is 13.6. The van der Waals surface area contributed by atoms with Gasteiger partial charge < -0.3 is 24.8 Å². The molecule has 6 bridgehead atoms. The molecule has 5 saturated carbocycles. The lowest BCUT2D eigenvalue weighted by Gasteiger charge is -2.58. The summed E-state index contributed by atoms with van der Waals surface area (Å²) in [7, 11) is 0. The molecular formula is C41H57NO6. The molecule has 1 aromatic heterocycles. The molecule has 7 aliphatic rings. The van der Waals surface area contributed by atoms with E-state index in [0.29, 0.717) is 43.7 Å². The highest BCUT2D eigenvalue weighted by molar-refractivity contribution is 6.08. The van der Waals surface area contributed by atoms with Crippen LogP contribution >= 0.6 is 0 Å². The molecule has 48 heavy (non-hydrogen) atoms. The fraction of sp³-hybridized carbons (Fsp3) is 0.683. The summed E-state index contributed by atoms with van der Waals surface area (Å²) in [5.41, 5.74) is 2.32. The number of carbonyl (C=O) groups excluding carboxylic acids is 1. The van der Waals surface area contributed by atoms with Gasteiger partial charge in [0.25, 0.3) is 0 Å². The van der Waals surface area contributed by atoms with Crippen molar-refractivity contribution in [3.8, 4) is 0 Å². The van der Waals surface area contributed by atoms with E-state index in [2.05, 4.69) is 37.0 Å². The Morgan fingerprint density at radius 2 is 1.77 bits per heavy atom. The van der Waals surface area contributed by atoms with E-state index in [1.54, 1.807) is 12.1 Å². The Morgan fingerprint density at radius 3 is 2.44 bits per heavy atom. The first-order valence-electron chi connectivity index (χ1n) is 18.8. The molecule has 0 spiro atoms. The first-order valence-corrected chi connectivity index (χ1v) is 18.8. The van der Waals surface area contributed by atoms with E-state index >= 15 is 0 Å². The number of furan rings is 1. The van der Waals surface area contributed by atoms with Crippen LogP contribution in [-0.2, 0) is 6.42 Å². The quantitative estimate of drug-likeness (QED) is 0.182. The number of carbonyl (C=O) groups is 1. The summed E-state index contributed by atoms with van der Waals surface area (Å²) < 4.78 is 5.60. The van der Waals surface area contributed by atoms with Crippen LogP contribution in [0.3, 0.4) is 0 Å². The summed E-state index contributed by atoms with van der Waals surface area (Å²) in [6.07, 6.45) is 15.1. The molecule has 9 rings (SSSR count). The third-order valence-electron chi connectivity index (χ3n) is 13.6. The van der Waals surface area contributed by atoms with Gasteiger partial charge in [-0.05, 0) is 149 Å². The Balaban J connectivity index is 1.25. The molecule has 0 aliphatic heterocycles. The van der Waals surface area contributed by atoms with Gasteiger partial charge in [0, 0.05) is 30.6 Å². The lowest BCUT2D eigenvalue weighted by molar-refractivity contribution is -0.114. The molecule has 1 aromatic carbocycles. The number of benzene rings is 1. The predicted molar refractivity (Wildman–Crippen MR) is 186 cm³/mol. The van der Waals surface area contributed by atoms with Crippen LogP contribution in [0.5, 0.6) is 0 Å². The van der Waals surface area contributed by atoms with E-state index in [1.165, 1.54) is 50.4 Å². The lowest BCUT2D eigenvalue weighted by Crippen LogP contribution is -2.57.